The molecule has 15 heavy (non-hydrogen) atoms. The van der Waals surface area contributed by atoms with E-state index in [4.69, 9.17) is 0 Å². The van der Waals surface area contributed by atoms with Crippen molar-refractivity contribution < 1.29 is 9.00 Å². The van der Waals surface area contributed by atoms with Gasteiger partial charge in [-0.3, -0.25) is 14.3 Å². The van der Waals surface area contributed by atoms with Gasteiger partial charge in [0.05, 0.1) is 12.7 Å². The summed E-state index contributed by atoms with van der Waals surface area (Å²) in [6.07, 6.45) is 3.36. The highest BCUT2D eigenvalue weighted by atomic mass is 32.2. The number of carbonyl (C=O) groups is 1. The number of hydrogen-bond donors (Lipinski definition) is 1. The minimum atomic E-state index is -0.790. The average Bonchev–Trinajstić information content (AvgIpc) is 2.55. The molecule has 0 spiro atoms. The van der Waals surface area contributed by atoms with Crippen LogP contribution in [0.1, 0.15) is 26.7 Å². The van der Waals surface area contributed by atoms with Crippen molar-refractivity contribution in [3.05, 3.63) is 0 Å². The summed E-state index contributed by atoms with van der Waals surface area (Å²) in [6.45, 7) is 5.31. The van der Waals surface area contributed by atoms with Gasteiger partial charge in [0.1, 0.15) is 0 Å². The Morgan fingerprint density at radius 2 is 2.33 bits per heavy atom. The van der Waals surface area contributed by atoms with Crippen LogP contribution in [0.4, 0.5) is 0 Å². The third-order valence-corrected chi connectivity index (χ3v) is 4.29. The minimum absolute atomic E-state index is 0.00701. The van der Waals surface area contributed by atoms with Gasteiger partial charge in [0.15, 0.2) is 0 Å². The van der Waals surface area contributed by atoms with Gasteiger partial charge in [-0.1, -0.05) is 13.8 Å². The number of rotatable bonds is 5. The lowest BCUT2D eigenvalue weighted by molar-refractivity contribution is -0.129. The lowest BCUT2D eigenvalue weighted by Crippen LogP contribution is -2.32. The molecule has 0 aromatic carbocycles. The van der Waals surface area contributed by atoms with Crippen molar-refractivity contribution >= 4 is 16.7 Å². The van der Waals surface area contributed by atoms with Crippen LogP contribution in [0.15, 0.2) is 0 Å². The van der Waals surface area contributed by atoms with E-state index in [2.05, 4.69) is 5.32 Å². The summed E-state index contributed by atoms with van der Waals surface area (Å²) in [5, 5.41) is 3.32. The van der Waals surface area contributed by atoms with Crippen LogP contribution in [0.3, 0.4) is 0 Å². The highest BCUT2D eigenvalue weighted by Gasteiger charge is 2.29. The quantitative estimate of drug-likeness (QED) is 0.742. The molecule has 0 saturated carbocycles. The zero-order valence-electron chi connectivity index (χ0n) is 9.66. The molecule has 1 saturated heterocycles. The molecule has 0 bridgehead atoms. The van der Waals surface area contributed by atoms with E-state index >= 15 is 0 Å². The molecule has 0 radical (unpaired) electrons. The third-order valence-electron chi connectivity index (χ3n) is 2.92. The Morgan fingerprint density at radius 3 is 2.80 bits per heavy atom. The van der Waals surface area contributed by atoms with Crippen LogP contribution in [0.5, 0.6) is 0 Å². The average molecular weight is 232 g/mol. The van der Waals surface area contributed by atoms with Crippen molar-refractivity contribution in [3.8, 4) is 0 Å². The molecule has 0 aromatic rings. The fourth-order valence-electron chi connectivity index (χ4n) is 1.62. The van der Waals surface area contributed by atoms with E-state index < -0.39 is 10.8 Å². The molecule has 1 aliphatic rings. The Morgan fingerprint density at radius 1 is 1.67 bits per heavy atom. The lowest BCUT2D eigenvalue weighted by Gasteiger charge is -2.17. The van der Waals surface area contributed by atoms with E-state index in [1.807, 2.05) is 18.7 Å². The monoisotopic (exact) mass is 232 g/mol. The van der Waals surface area contributed by atoms with E-state index in [0.717, 1.165) is 12.8 Å². The first kappa shape index (κ1) is 12.6. The maximum absolute atomic E-state index is 11.7. The summed E-state index contributed by atoms with van der Waals surface area (Å²) in [7, 11) is -0.790. The zero-order chi connectivity index (χ0) is 11.4. The topological polar surface area (TPSA) is 49.4 Å². The maximum Gasteiger partial charge on any atom is 0.240 e. The van der Waals surface area contributed by atoms with E-state index in [1.165, 1.54) is 0 Å². The summed E-state index contributed by atoms with van der Waals surface area (Å²) >= 11 is 0. The normalized spacial score (nSPS) is 25.7. The number of amides is 1. The second-order valence-electron chi connectivity index (χ2n) is 4.02. The number of nitrogens with zero attached hydrogens (tertiary/aromatic N) is 1. The van der Waals surface area contributed by atoms with Crippen molar-refractivity contribution in [1.82, 2.24) is 10.2 Å². The van der Waals surface area contributed by atoms with Crippen molar-refractivity contribution in [2.75, 3.05) is 19.5 Å². The van der Waals surface area contributed by atoms with Crippen LogP contribution in [-0.4, -0.2) is 45.8 Å². The predicted octanol–water partition coefficient (Wildman–Crippen LogP) is 0.311. The molecule has 0 aliphatic carbocycles. The smallest absolute Gasteiger partial charge is 0.240 e. The fourth-order valence-corrected chi connectivity index (χ4v) is 2.06. The van der Waals surface area contributed by atoms with Gasteiger partial charge in [0.2, 0.25) is 5.91 Å². The molecule has 1 heterocycles. The molecule has 1 fully saturated rings. The molecule has 1 rings (SSSR count). The number of hydrogen-bond acceptors (Lipinski definition) is 3. The molecule has 4 nitrogen and oxygen atoms in total. The summed E-state index contributed by atoms with van der Waals surface area (Å²) in [5.41, 5.74) is 0. The zero-order valence-corrected chi connectivity index (χ0v) is 10.5. The van der Waals surface area contributed by atoms with E-state index in [1.54, 1.807) is 6.26 Å². The SMILES string of the molecule is CCC1NCN(CCC(C)S(C)=O)C1=O. The molecule has 3 unspecified atom stereocenters. The van der Waals surface area contributed by atoms with Gasteiger partial charge in [0.25, 0.3) is 0 Å². The third kappa shape index (κ3) is 3.28. The van der Waals surface area contributed by atoms with Crippen LogP contribution in [0.25, 0.3) is 0 Å². The largest absolute Gasteiger partial charge is 0.329 e. The van der Waals surface area contributed by atoms with E-state index in [9.17, 15) is 9.00 Å². The molecule has 0 aromatic heterocycles. The summed E-state index contributed by atoms with van der Waals surface area (Å²) < 4.78 is 11.1. The standard InChI is InChI=1S/C10H20N2O2S/c1-4-9-10(13)12(7-11-9)6-5-8(2)15(3)14/h8-9,11H,4-7H2,1-3H3. The first-order valence-electron chi connectivity index (χ1n) is 5.40. The van der Waals surface area contributed by atoms with Gasteiger partial charge >= 0.3 is 0 Å². The highest BCUT2D eigenvalue weighted by molar-refractivity contribution is 7.84. The first-order valence-corrected chi connectivity index (χ1v) is 7.02. The molecular weight excluding hydrogens is 212 g/mol. The molecule has 88 valence electrons. The summed E-state index contributed by atoms with van der Waals surface area (Å²) in [4.78, 5) is 13.5. The van der Waals surface area contributed by atoms with Crippen LogP contribution < -0.4 is 5.32 Å². The van der Waals surface area contributed by atoms with Crippen molar-refractivity contribution in [1.29, 1.82) is 0 Å². The lowest BCUT2D eigenvalue weighted by atomic mass is 10.2. The Labute approximate surface area is 93.9 Å². The Hall–Kier alpha value is -0.420. The molecule has 3 atom stereocenters. The highest BCUT2D eigenvalue weighted by Crippen LogP contribution is 2.09. The number of carbonyl (C=O) groups excluding carboxylic acids is 1. The maximum atomic E-state index is 11.7. The van der Waals surface area contributed by atoms with Crippen LogP contribution in [-0.2, 0) is 15.6 Å². The van der Waals surface area contributed by atoms with Gasteiger partial charge in [-0.05, 0) is 12.8 Å². The van der Waals surface area contributed by atoms with Crippen molar-refractivity contribution in [3.63, 3.8) is 0 Å². The van der Waals surface area contributed by atoms with E-state index in [-0.39, 0.29) is 17.2 Å². The molecule has 1 N–H and O–H groups in total. The van der Waals surface area contributed by atoms with Gasteiger partial charge in [-0.25, -0.2) is 0 Å². The Kier molecular flexibility index (Phi) is 4.73. The first-order chi connectivity index (χ1) is 7.06. The molecule has 5 heteroatoms. The summed E-state index contributed by atoms with van der Waals surface area (Å²) in [5.74, 6) is 0.187. The van der Waals surface area contributed by atoms with Crippen LogP contribution in [0, 0.1) is 0 Å². The minimum Gasteiger partial charge on any atom is -0.329 e. The molecular formula is C10H20N2O2S. The molecule has 1 aliphatic heterocycles. The van der Waals surface area contributed by atoms with E-state index in [0.29, 0.717) is 13.2 Å². The van der Waals surface area contributed by atoms with Crippen molar-refractivity contribution in [2.24, 2.45) is 0 Å². The van der Waals surface area contributed by atoms with Gasteiger partial charge in [-0.2, -0.15) is 0 Å². The Bertz CT molecular complexity index is 258. The van der Waals surface area contributed by atoms with Gasteiger partial charge < -0.3 is 4.90 Å². The summed E-state index contributed by atoms with van der Waals surface area (Å²) in [6, 6.07) is -0.00701. The second kappa shape index (κ2) is 5.61. The van der Waals surface area contributed by atoms with Gasteiger partial charge in [0, 0.05) is 28.9 Å². The molecule has 1 amide bonds. The van der Waals surface area contributed by atoms with Gasteiger partial charge in [-0.15, -0.1) is 0 Å². The van der Waals surface area contributed by atoms with Crippen LogP contribution in [0.2, 0.25) is 0 Å². The van der Waals surface area contributed by atoms with Crippen molar-refractivity contribution in [2.45, 2.75) is 38.0 Å². The number of nitrogens with one attached hydrogen (secondary N) is 1. The fraction of sp³-hybridized carbons (Fsp3) is 0.900. The van der Waals surface area contributed by atoms with Crippen LogP contribution >= 0.6 is 0 Å². The predicted molar refractivity (Wildman–Crippen MR) is 61.9 cm³/mol. The second-order valence-corrected chi connectivity index (χ2v) is 5.82. The Balaban J connectivity index is 2.35.